The summed E-state index contributed by atoms with van der Waals surface area (Å²) in [6, 6.07) is 10.1. The average molecular weight is 456 g/mol. The van der Waals surface area contributed by atoms with Crippen LogP contribution in [0.15, 0.2) is 54.6 Å². The monoisotopic (exact) mass is 456 g/mol. The van der Waals surface area contributed by atoms with Crippen molar-refractivity contribution in [2.75, 3.05) is 7.11 Å². The Balaban J connectivity index is 1.71. The van der Waals surface area contributed by atoms with Crippen molar-refractivity contribution in [1.29, 1.82) is 0 Å². The second-order valence-corrected chi connectivity index (χ2v) is 7.23. The molecule has 0 saturated heterocycles. The smallest absolute Gasteiger partial charge is 0.166 e. The van der Waals surface area contributed by atoms with Crippen LogP contribution in [0.2, 0.25) is 0 Å². The summed E-state index contributed by atoms with van der Waals surface area (Å²) in [5, 5.41) is 0.405. The molecule has 1 nitrogen and oxygen atoms in total. The van der Waals surface area contributed by atoms with Gasteiger partial charge in [0.05, 0.1) is 17.7 Å². The van der Waals surface area contributed by atoms with Gasteiger partial charge in [0.15, 0.2) is 11.6 Å². The highest BCUT2D eigenvalue weighted by Gasteiger charge is 2.18. The van der Waals surface area contributed by atoms with Crippen molar-refractivity contribution in [2.24, 2.45) is 0 Å². The fraction of sp³-hybridized carbons (Fsp3) is 0.0769. The molecule has 0 aliphatic rings. The number of halogens is 6. The maximum atomic E-state index is 14.6. The maximum absolute atomic E-state index is 14.6. The molecule has 7 heteroatoms. The van der Waals surface area contributed by atoms with Crippen LogP contribution in [0.4, 0.5) is 26.3 Å². The molecule has 0 amide bonds. The van der Waals surface area contributed by atoms with Crippen LogP contribution in [0.3, 0.4) is 0 Å². The molecule has 4 aromatic rings. The van der Waals surface area contributed by atoms with Gasteiger partial charge in [-0.1, -0.05) is 24.0 Å². The standard InChI is InChI=1S/C26H14F6O/c1-33-13-15-9-23(30)25(24(31)10-15)17-11-21(28)19(22(29)12-17)6-3-14-2-5-18-16(8-14)4-7-20(27)26(18)32/h2,4-5,7-12H,13H2,1H3. The topological polar surface area (TPSA) is 9.23 Å². The van der Waals surface area contributed by atoms with Crippen LogP contribution in [-0.4, -0.2) is 7.11 Å². The minimum atomic E-state index is -1.11. The van der Waals surface area contributed by atoms with Crippen molar-refractivity contribution < 1.29 is 31.1 Å². The van der Waals surface area contributed by atoms with Gasteiger partial charge in [0, 0.05) is 18.1 Å². The Bertz CT molecular complexity index is 1400. The molecule has 0 saturated carbocycles. The normalized spacial score (nSPS) is 10.9. The Morgan fingerprint density at radius 2 is 1.36 bits per heavy atom. The van der Waals surface area contributed by atoms with E-state index in [9.17, 15) is 26.3 Å². The second-order valence-electron chi connectivity index (χ2n) is 7.23. The van der Waals surface area contributed by atoms with Crippen LogP contribution < -0.4 is 0 Å². The average Bonchev–Trinajstić information content (AvgIpc) is 2.75. The van der Waals surface area contributed by atoms with E-state index in [-0.39, 0.29) is 23.1 Å². The van der Waals surface area contributed by atoms with Crippen molar-refractivity contribution >= 4 is 10.8 Å². The molecule has 0 atom stereocenters. The zero-order valence-corrected chi connectivity index (χ0v) is 17.1. The number of ether oxygens (including phenoxy) is 1. The lowest BCUT2D eigenvalue weighted by atomic mass is 10.00. The van der Waals surface area contributed by atoms with Crippen molar-refractivity contribution in [3.8, 4) is 23.0 Å². The SMILES string of the molecule is COCc1cc(F)c(-c2cc(F)c(C#Cc3ccc4c(F)c(F)ccc4c3)c(F)c2)c(F)c1. The quantitative estimate of drug-likeness (QED) is 0.241. The number of fused-ring (bicyclic) bond motifs is 1. The van der Waals surface area contributed by atoms with Crippen LogP contribution in [0.1, 0.15) is 16.7 Å². The van der Waals surface area contributed by atoms with Gasteiger partial charge in [0.2, 0.25) is 0 Å². The molecular weight excluding hydrogens is 442 g/mol. The largest absolute Gasteiger partial charge is 0.380 e. The summed E-state index contributed by atoms with van der Waals surface area (Å²) in [7, 11) is 1.37. The molecule has 33 heavy (non-hydrogen) atoms. The minimum absolute atomic E-state index is 0.0261. The summed E-state index contributed by atoms with van der Waals surface area (Å²) in [6.07, 6.45) is 0. The minimum Gasteiger partial charge on any atom is -0.380 e. The summed E-state index contributed by atoms with van der Waals surface area (Å²) in [5.74, 6) is -1.27. The van der Waals surface area contributed by atoms with Crippen molar-refractivity contribution in [2.45, 2.75) is 6.61 Å². The fourth-order valence-corrected chi connectivity index (χ4v) is 3.47. The van der Waals surface area contributed by atoms with Crippen LogP contribution in [0, 0.1) is 46.7 Å². The maximum Gasteiger partial charge on any atom is 0.166 e. The van der Waals surface area contributed by atoms with E-state index < -0.39 is 46.0 Å². The zero-order chi connectivity index (χ0) is 23.7. The van der Waals surface area contributed by atoms with Gasteiger partial charge in [-0.15, -0.1) is 0 Å². The first kappa shape index (κ1) is 22.4. The van der Waals surface area contributed by atoms with E-state index in [0.29, 0.717) is 10.9 Å². The fourth-order valence-electron chi connectivity index (χ4n) is 3.47. The molecule has 0 aromatic heterocycles. The number of methoxy groups -OCH3 is 1. The Hall–Kier alpha value is -3.76. The van der Waals surface area contributed by atoms with Gasteiger partial charge < -0.3 is 4.74 Å². The first-order valence-corrected chi connectivity index (χ1v) is 9.64. The lowest BCUT2D eigenvalue weighted by Crippen LogP contribution is -1.98. The van der Waals surface area contributed by atoms with Gasteiger partial charge >= 0.3 is 0 Å². The molecule has 0 aliphatic heterocycles. The third kappa shape index (κ3) is 4.43. The Morgan fingerprint density at radius 1 is 0.697 bits per heavy atom. The molecule has 4 rings (SSSR count). The molecular formula is C26H14F6O. The van der Waals surface area contributed by atoms with E-state index in [2.05, 4.69) is 11.8 Å². The second kappa shape index (κ2) is 9.00. The highest BCUT2D eigenvalue weighted by atomic mass is 19.2. The van der Waals surface area contributed by atoms with E-state index >= 15 is 0 Å². The zero-order valence-electron chi connectivity index (χ0n) is 17.1. The van der Waals surface area contributed by atoms with E-state index in [0.717, 1.165) is 30.3 Å². The van der Waals surface area contributed by atoms with Gasteiger partial charge in [0.1, 0.15) is 23.3 Å². The molecule has 0 bridgehead atoms. The molecule has 0 N–H and O–H groups in total. The van der Waals surface area contributed by atoms with Crippen LogP contribution in [0.25, 0.3) is 21.9 Å². The number of hydrogen-bond acceptors (Lipinski definition) is 1. The summed E-state index contributed by atoms with van der Waals surface area (Å²) < 4.78 is 90.0. The van der Waals surface area contributed by atoms with E-state index in [1.807, 2.05) is 0 Å². The molecule has 0 spiro atoms. The molecule has 0 radical (unpaired) electrons. The third-order valence-corrected chi connectivity index (χ3v) is 4.98. The van der Waals surface area contributed by atoms with E-state index in [1.54, 1.807) is 0 Å². The third-order valence-electron chi connectivity index (χ3n) is 4.98. The van der Waals surface area contributed by atoms with Crippen LogP contribution in [0.5, 0.6) is 0 Å². The molecule has 0 fully saturated rings. The van der Waals surface area contributed by atoms with Gasteiger partial charge in [0.25, 0.3) is 0 Å². The lowest BCUT2D eigenvalue weighted by Gasteiger charge is -2.09. The van der Waals surface area contributed by atoms with Crippen molar-refractivity contribution in [1.82, 2.24) is 0 Å². The van der Waals surface area contributed by atoms with Crippen LogP contribution in [-0.2, 0) is 11.3 Å². The van der Waals surface area contributed by atoms with Crippen molar-refractivity contribution in [3.05, 3.63) is 106 Å². The van der Waals surface area contributed by atoms with Gasteiger partial charge in [-0.2, -0.15) is 0 Å². The molecule has 0 aliphatic carbocycles. The van der Waals surface area contributed by atoms with Gasteiger partial charge in [-0.25, -0.2) is 26.3 Å². The lowest BCUT2D eigenvalue weighted by molar-refractivity contribution is 0.184. The molecule has 166 valence electrons. The summed E-state index contributed by atoms with van der Waals surface area (Å²) >= 11 is 0. The molecule has 0 heterocycles. The Kier molecular flexibility index (Phi) is 6.12. The summed E-state index contributed by atoms with van der Waals surface area (Å²) in [6.45, 7) is -0.0261. The van der Waals surface area contributed by atoms with Gasteiger partial charge in [-0.05, 0) is 59.0 Å². The predicted octanol–water partition coefficient (Wildman–Crippen LogP) is 6.89. The first-order chi connectivity index (χ1) is 15.8. The van der Waals surface area contributed by atoms with Gasteiger partial charge in [-0.3, -0.25) is 0 Å². The molecule has 0 unspecified atom stereocenters. The number of hydrogen-bond donors (Lipinski definition) is 0. The first-order valence-electron chi connectivity index (χ1n) is 9.64. The molecule has 4 aromatic carbocycles. The number of benzene rings is 4. The van der Waals surface area contributed by atoms with Crippen LogP contribution >= 0.6 is 0 Å². The van der Waals surface area contributed by atoms with E-state index in [1.165, 1.54) is 31.4 Å². The summed E-state index contributed by atoms with van der Waals surface area (Å²) in [4.78, 5) is 0. The highest BCUT2D eigenvalue weighted by molar-refractivity contribution is 5.84. The van der Waals surface area contributed by atoms with E-state index in [4.69, 9.17) is 4.74 Å². The number of rotatable bonds is 3. The predicted molar refractivity (Wildman–Crippen MR) is 112 cm³/mol. The highest BCUT2D eigenvalue weighted by Crippen LogP contribution is 2.30. The Morgan fingerprint density at radius 3 is 2.00 bits per heavy atom. The summed E-state index contributed by atoms with van der Waals surface area (Å²) in [5.41, 5.74) is -0.950. The Labute approximate surface area is 185 Å². The van der Waals surface area contributed by atoms with Crippen molar-refractivity contribution in [3.63, 3.8) is 0 Å².